The molecule has 19 heavy (non-hydrogen) atoms. The van der Waals surface area contributed by atoms with Crippen molar-refractivity contribution >= 4 is 16.8 Å². The maximum Gasteiger partial charge on any atom is 0.258 e. The van der Waals surface area contributed by atoms with E-state index in [2.05, 4.69) is 27.1 Å². The molecular formula is C14H13N3O2. The van der Waals surface area contributed by atoms with Gasteiger partial charge in [0.15, 0.2) is 0 Å². The van der Waals surface area contributed by atoms with Crippen LogP contribution in [0.3, 0.4) is 0 Å². The normalized spacial score (nSPS) is 9.79. The Labute approximate surface area is 110 Å². The fourth-order valence-corrected chi connectivity index (χ4v) is 1.65. The molecule has 0 spiro atoms. The summed E-state index contributed by atoms with van der Waals surface area (Å²) < 4.78 is 0. The zero-order chi connectivity index (χ0) is 13.8. The first-order chi connectivity index (χ1) is 9.06. The van der Waals surface area contributed by atoms with Crippen molar-refractivity contribution in [2.75, 3.05) is 6.54 Å². The van der Waals surface area contributed by atoms with Crippen molar-refractivity contribution in [2.45, 2.75) is 13.8 Å². The highest BCUT2D eigenvalue weighted by Gasteiger charge is 2.01. The number of carbonyl (C=O) groups excluding carboxylic acids is 1. The smallest absolute Gasteiger partial charge is 0.258 e. The maximum absolute atomic E-state index is 11.8. The fraction of sp³-hybridized carbons (Fsp3) is 0.214. The van der Waals surface area contributed by atoms with Crippen LogP contribution in [0.1, 0.15) is 18.3 Å². The van der Waals surface area contributed by atoms with Crippen molar-refractivity contribution in [3.05, 3.63) is 39.9 Å². The van der Waals surface area contributed by atoms with Gasteiger partial charge in [-0.05, 0) is 25.1 Å². The predicted octanol–water partition coefficient (Wildman–Crippen LogP) is 0.719. The lowest BCUT2D eigenvalue weighted by Gasteiger charge is -1.99. The van der Waals surface area contributed by atoms with Gasteiger partial charge in [0.2, 0.25) is 5.91 Å². The number of aromatic amines is 1. The van der Waals surface area contributed by atoms with Crippen LogP contribution in [0.4, 0.5) is 0 Å². The Morgan fingerprint density at radius 1 is 1.47 bits per heavy atom. The molecule has 5 nitrogen and oxygen atoms in total. The second kappa shape index (κ2) is 5.36. The van der Waals surface area contributed by atoms with Gasteiger partial charge >= 0.3 is 0 Å². The summed E-state index contributed by atoms with van der Waals surface area (Å²) in [5.41, 5.74) is 1.19. The van der Waals surface area contributed by atoms with Crippen molar-refractivity contribution < 1.29 is 4.79 Å². The molecule has 1 amide bonds. The summed E-state index contributed by atoms with van der Waals surface area (Å²) >= 11 is 0. The van der Waals surface area contributed by atoms with Crippen molar-refractivity contribution in [2.24, 2.45) is 0 Å². The molecule has 1 heterocycles. The molecule has 0 aliphatic heterocycles. The van der Waals surface area contributed by atoms with E-state index in [4.69, 9.17) is 0 Å². The number of hydrogen-bond donors (Lipinski definition) is 2. The number of nitrogens with zero attached hydrogens (tertiary/aromatic N) is 1. The van der Waals surface area contributed by atoms with Crippen LogP contribution in [0.5, 0.6) is 0 Å². The van der Waals surface area contributed by atoms with E-state index >= 15 is 0 Å². The molecule has 2 aromatic rings. The minimum absolute atomic E-state index is 0.121. The van der Waals surface area contributed by atoms with E-state index in [-0.39, 0.29) is 18.0 Å². The van der Waals surface area contributed by atoms with Crippen LogP contribution in [0.2, 0.25) is 0 Å². The molecule has 0 aliphatic rings. The fourth-order valence-electron chi connectivity index (χ4n) is 1.65. The van der Waals surface area contributed by atoms with Crippen LogP contribution in [-0.2, 0) is 4.79 Å². The highest BCUT2D eigenvalue weighted by Crippen LogP contribution is 2.09. The van der Waals surface area contributed by atoms with Gasteiger partial charge in [-0.2, -0.15) is 0 Å². The van der Waals surface area contributed by atoms with Gasteiger partial charge in [-0.3, -0.25) is 9.59 Å². The van der Waals surface area contributed by atoms with E-state index in [1.807, 2.05) is 0 Å². The number of aromatic nitrogens is 2. The molecule has 96 valence electrons. The lowest BCUT2D eigenvalue weighted by atomic mass is 10.1. The van der Waals surface area contributed by atoms with Crippen LogP contribution in [0.25, 0.3) is 10.9 Å². The number of benzene rings is 1. The Morgan fingerprint density at radius 2 is 2.26 bits per heavy atom. The molecule has 2 rings (SSSR count). The summed E-state index contributed by atoms with van der Waals surface area (Å²) in [5.74, 6) is 6.17. The zero-order valence-electron chi connectivity index (χ0n) is 10.7. The lowest BCUT2D eigenvalue weighted by molar-refractivity contribution is -0.118. The van der Waals surface area contributed by atoms with Gasteiger partial charge in [0.25, 0.3) is 5.56 Å². The largest absolute Gasteiger partial charge is 0.345 e. The number of aryl methyl sites for hydroxylation is 1. The van der Waals surface area contributed by atoms with Crippen molar-refractivity contribution in [1.29, 1.82) is 0 Å². The van der Waals surface area contributed by atoms with E-state index in [0.29, 0.717) is 22.3 Å². The summed E-state index contributed by atoms with van der Waals surface area (Å²) in [7, 11) is 0. The average molecular weight is 255 g/mol. The first-order valence-electron chi connectivity index (χ1n) is 5.80. The molecule has 0 bridgehead atoms. The first kappa shape index (κ1) is 12.8. The Morgan fingerprint density at radius 3 is 3.00 bits per heavy atom. The number of H-pyrrole nitrogens is 1. The molecule has 0 saturated heterocycles. The van der Waals surface area contributed by atoms with Gasteiger partial charge in [-0.25, -0.2) is 4.98 Å². The highest BCUT2D eigenvalue weighted by molar-refractivity contribution is 5.79. The third-order valence-corrected chi connectivity index (χ3v) is 2.48. The third kappa shape index (κ3) is 3.19. The molecule has 0 saturated carbocycles. The summed E-state index contributed by atoms with van der Waals surface area (Å²) in [6.45, 7) is 3.46. The molecule has 0 radical (unpaired) electrons. The van der Waals surface area contributed by atoms with E-state index in [1.165, 1.54) is 6.92 Å². The van der Waals surface area contributed by atoms with E-state index in [1.54, 1.807) is 25.1 Å². The minimum Gasteiger partial charge on any atom is -0.345 e. The number of rotatable bonds is 1. The Kier molecular flexibility index (Phi) is 3.62. The number of carbonyl (C=O) groups is 1. The number of fused-ring (bicyclic) bond motifs is 1. The van der Waals surface area contributed by atoms with Crippen molar-refractivity contribution in [1.82, 2.24) is 15.3 Å². The highest BCUT2D eigenvalue weighted by atomic mass is 16.1. The number of amides is 1. The number of hydrogen-bond acceptors (Lipinski definition) is 3. The van der Waals surface area contributed by atoms with Gasteiger partial charge in [0.1, 0.15) is 5.82 Å². The van der Waals surface area contributed by atoms with E-state index < -0.39 is 0 Å². The zero-order valence-corrected chi connectivity index (χ0v) is 10.7. The summed E-state index contributed by atoms with van der Waals surface area (Å²) in [5, 5.41) is 3.09. The number of nitrogens with one attached hydrogen (secondary N) is 2. The quantitative estimate of drug-likeness (QED) is 0.737. The topological polar surface area (TPSA) is 74.8 Å². The average Bonchev–Trinajstić information content (AvgIpc) is 2.35. The van der Waals surface area contributed by atoms with E-state index in [9.17, 15) is 9.59 Å². The Bertz CT molecular complexity index is 751. The lowest BCUT2D eigenvalue weighted by Crippen LogP contribution is -2.19. The second-order valence-corrected chi connectivity index (χ2v) is 4.09. The Balaban J connectivity index is 2.32. The van der Waals surface area contributed by atoms with Crippen LogP contribution < -0.4 is 10.9 Å². The molecule has 0 unspecified atom stereocenters. The summed E-state index contributed by atoms with van der Waals surface area (Å²) in [4.78, 5) is 29.3. The molecule has 1 aromatic carbocycles. The standard InChI is InChI=1S/C14H13N3O2/c1-9-16-13-6-5-11(4-3-7-15-10(2)18)8-12(13)14(19)17-9/h5-6,8H,7H2,1-2H3,(H,15,18)(H,16,17,19). The summed E-state index contributed by atoms with van der Waals surface area (Å²) in [6.07, 6.45) is 0. The molecule has 0 fully saturated rings. The molecule has 2 N–H and O–H groups in total. The van der Waals surface area contributed by atoms with Gasteiger partial charge in [0.05, 0.1) is 17.4 Å². The van der Waals surface area contributed by atoms with Gasteiger partial charge < -0.3 is 10.3 Å². The van der Waals surface area contributed by atoms with Crippen molar-refractivity contribution in [3.8, 4) is 11.8 Å². The second-order valence-electron chi connectivity index (χ2n) is 4.09. The molecule has 1 aromatic heterocycles. The van der Waals surface area contributed by atoms with Crippen LogP contribution in [0, 0.1) is 18.8 Å². The van der Waals surface area contributed by atoms with Gasteiger partial charge in [0, 0.05) is 12.5 Å². The van der Waals surface area contributed by atoms with Crippen LogP contribution >= 0.6 is 0 Å². The first-order valence-corrected chi connectivity index (χ1v) is 5.80. The van der Waals surface area contributed by atoms with Crippen LogP contribution in [0.15, 0.2) is 23.0 Å². The van der Waals surface area contributed by atoms with Crippen LogP contribution in [-0.4, -0.2) is 22.4 Å². The monoisotopic (exact) mass is 255 g/mol. The minimum atomic E-state index is -0.173. The Hall–Kier alpha value is -2.61. The van der Waals surface area contributed by atoms with E-state index in [0.717, 1.165) is 0 Å². The van der Waals surface area contributed by atoms with Gasteiger partial charge in [-0.1, -0.05) is 11.8 Å². The SMILES string of the molecule is CC(=O)NCC#Cc1ccc2nc(C)[nH]c(=O)c2c1. The molecule has 0 aliphatic carbocycles. The van der Waals surface area contributed by atoms with Crippen molar-refractivity contribution in [3.63, 3.8) is 0 Å². The predicted molar refractivity (Wildman–Crippen MR) is 72.7 cm³/mol. The third-order valence-electron chi connectivity index (χ3n) is 2.48. The molecule has 0 atom stereocenters. The molecule has 5 heteroatoms. The summed E-state index contributed by atoms with van der Waals surface area (Å²) in [6, 6.07) is 5.26. The molecular weight excluding hydrogens is 242 g/mol. The van der Waals surface area contributed by atoms with Gasteiger partial charge in [-0.15, -0.1) is 0 Å². The maximum atomic E-state index is 11.8.